The molecular formula is C16H24Cl2FN3O3S. The Morgan fingerprint density at radius 2 is 2.08 bits per heavy atom. The third-order valence-electron chi connectivity index (χ3n) is 4.78. The number of rotatable bonds is 5. The summed E-state index contributed by atoms with van der Waals surface area (Å²) in [5.74, 6) is -1.39. The highest BCUT2D eigenvalue weighted by Crippen LogP contribution is 2.35. The number of nitrogens with one attached hydrogen (secondary N) is 2. The van der Waals surface area contributed by atoms with Crippen LogP contribution in [0.15, 0.2) is 17.0 Å². The van der Waals surface area contributed by atoms with E-state index in [4.69, 9.17) is 17.3 Å². The average Bonchev–Trinajstić information content (AvgIpc) is 2.52. The molecule has 26 heavy (non-hydrogen) atoms. The van der Waals surface area contributed by atoms with Gasteiger partial charge in [-0.1, -0.05) is 31.4 Å². The Hall–Kier alpha value is -0.930. The molecule has 4 N–H and O–H groups in total. The van der Waals surface area contributed by atoms with Gasteiger partial charge in [0.1, 0.15) is 10.7 Å². The van der Waals surface area contributed by atoms with Gasteiger partial charge in [-0.2, -0.15) is 0 Å². The molecule has 2 unspecified atom stereocenters. The summed E-state index contributed by atoms with van der Waals surface area (Å²) in [6, 6.07) is 1.90. The lowest BCUT2D eigenvalue weighted by Gasteiger charge is -2.42. The number of halogens is 3. The lowest BCUT2D eigenvalue weighted by Crippen LogP contribution is -2.59. The van der Waals surface area contributed by atoms with Crippen molar-refractivity contribution in [3.63, 3.8) is 0 Å². The van der Waals surface area contributed by atoms with Crippen LogP contribution in [0.3, 0.4) is 0 Å². The molecule has 0 spiro atoms. The van der Waals surface area contributed by atoms with Crippen molar-refractivity contribution >= 4 is 45.6 Å². The number of nitrogens with two attached hydrogens (primary N) is 1. The van der Waals surface area contributed by atoms with E-state index in [1.165, 1.54) is 6.92 Å². The van der Waals surface area contributed by atoms with Gasteiger partial charge >= 0.3 is 0 Å². The van der Waals surface area contributed by atoms with E-state index in [0.717, 1.165) is 31.4 Å². The van der Waals surface area contributed by atoms with Crippen molar-refractivity contribution in [2.45, 2.75) is 50.0 Å². The van der Waals surface area contributed by atoms with Gasteiger partial charge in [0.15, 0.2) is 0 Å². The topological polar surface area (TPSA) is 101 Å². The van der Waals surface area contributed by atoms with Crippen LogP contribution in [0.2, 0.25) is 5.02 Å². The van der Waals surface area contributed by atoms with E-state index in [-0.39, 0.29) is 35.6 Å². The number of anilines is 1. The molecule has 1 aromatic carbocycles. The normalized spacial score (nSPS) is 23.2. The molecule has 1 aromatic rings. The first-order valence-corrected chi connectivity index (χ1v) is 9.98. The number of carbonyl (C=O) groups is 1. The average molecular weight is 428 g/mol. The molecule has 0 heterocycles. The van der Waals surface area contributed by atoms with Crippen LogP contribution in [-0.2, 0) is 14.8 Å². The summed E-state index contributed by atoms with van der Waals surface area (Å²) in [6.07, 6.45) is 3.32. The fourth-order valence-electron chi connectivity index (χ4n) is 3.25. The molecule has 0 aromatic heterocycles. The molecule has 0 saturated heterocycles. The van der Waals surface area contributed by atoms with Gasteiger partial charge in [0.25, 0.3) is 0 Å². The standard InChI is InChI=1S/C16H23ClFN3O3S.ClH/c1-10-5-3-4-6-16(10,9-19)21-25(23,24)15-7-12(17)14(8-13(15)18)20-11(2)22;/h7-8,10,21H,3-6,9,19H2,1-2H3,(H,20,22);1H. The molecule has 1 aliphatic carbocycles. The van der Waals surface area contributed by atoms with E-state index in [1.54, 1.807) is 0 Å². The van der Waals surface area contributed by atoms with Crippen LogP contribution in [0, 0.1) is 11.7 Å². The monoisotopic (exact) mass is 427 g/mol. The highest BCUT2D eigenvalue weighted by Gasteiger charge is 2.41. The Kier molecular flexibility index (Phi) is 7.86. The fourth-order valence-corrected chi connectivity index (χ4v) is 5.15. The van der Waals surface area contributed by atoms with Crippen LogP contribution in [0.1, 0.15) is 39.5 Å². The van der Waals surface area contributed by atoms with Gasteiger partial charge in [-0.05, 0) is 24.8 Å². The summed E-state index contributed by atoms with van der Waals surface area (Å²) in [4.78, 5) is 10.5. The Balaban J connectivity index is 0.00000338. The summed E-state index contributed by atoms with van der Waals surface area (Å²) < 4.78 is 42.5. The van der Waals surface area contributed by atoms with Crippen molar-refractivity contribution < 1.29 is 17.6 Å². The van der Waals surface area contributed by atoms with Gasteiger partial charge in [0.05, 0.1) is 10.7 Å². The molecule has 10 heteroatoms. The fraction of sp³-hybridized carbons (Fsp3) is 0.562. The maximum atomic E-state index is 14.4. The summed E-state index contributed by atoms with van der Waals surface area (Å²) >= 11 is 5.99. The molecular weight excluding hydrogens is 404 g/mol. The molecule has 0 aliphatic heterocycles. The third kappa shape index (κ3) is 4.86. The van der Waals surface area contributed by atoms with Crippen LogP contribution in [0.25, 0.3) is 0 Å². The Labute approximate surface area is 164 Å². The van der Waals surface area contributed by atoms with Crippen molar-refractivity contribution in [1.29, 1.82) is 0 Å². The minimum Gasteiger partial charge on any atom is -0.329 e. The molecule has 1 fully saturated rings. The van der Waals surface area contributed by atoms with Gasteiger partial charge in [0.2, 0.25) is 15.9 Å². The summed E-state index contributed by atoms with van der Waals surface area (Å²) in [5.41, 5.74) is 5.09. The van der Waals surface area contributed by atoms with Gasteiger partial charge < -0.3 is 11.1 Å². The number of hydrogen-bond donors (Lipinski definition) is 3. The molecule has 1 amide bonds. The van der Waals surface area contributed by atoms with E-state index in [1.807, 2.05) is 6.92 Å². The highest BCUT2D eigenvalue weighted by atomic mass is 35.5. The number of hydrogen-bond acceptors (Lipinski definition) is 4. The number of sulfonamides is 1. The van der Waals surface area contributed by atoms with Gasteiger partial charge in [-0.25, -0.2) is 17.5 Å². The highest BCUT2D eigenvalue weighted by molar-refractivity contribution is 7.89. The molecule has 0 radical (unpaired) electrons. The van der Waals surface area contributed by atoms with E-state index >= 15 is 0 Å². The molecule has 1 aliphatic rings. The van der Waals surface area contributed by atoms with Gasteiger partial charge in [-0.3, -0.25) is 4.79 Å². The predicted octanol–water partition coefficient (Wildman–Crippen LogP) is 3.05. The molecule has 148 valence electrons. The minimum atomic E-state index is -4.16. The minimum absolute atomic E-state index is 0. The third-order valence-corrected chi connectivity index (χ3v) is 6.66. The Morgan fingerprint density at radius 1 is 1.42 bits per heavy atom. The molecule has 2 atom stereocenters. The second-order valence-corrected chi connectivity index (χ2v) is 8.61. The zero-order chi connectivity index (χ0) is 18.8. The lowest BCUT2D eigenvalue weighted by atomic mass is 9.74. The summed E-state index contributed by atoms with van der Waals surface area (Å²) in [7, 11) is -4.16. The summed E-state index contributed by atoms with van der Waals surface area (Å²) in [5, 5.41) is 2.29. The zero-order valence-corrected chi connectivity index (χ0v) is 17.0. The van der Waals surface area contributed by atoms with Crippen LogP contribution >= 0.6 is 24.0 Å². The lowest BCUT2D eigenvalue weighted by molar-refractivity contribution is -0.114. The van der Waals surface area contributed by atoms with E-state index in [9.17, 15) is 17.6 Å². The SMILES string of the molecule is CC(=O)Nc1cc(F)c(S(=O)(=O)NC2(CN)CCCCC2C)cc1Cl.Cl. The Bertz CT molecular complexity index is 776. The molecule has 1 saturated carbocycles. The van der Waals surface area contributed by atoms with Crippen LogP contribution < -0.4 is 15.8 Å². The number of amides is 1. The molecule has 0 bridgehead atoms. The smallest absolute Gasteiger partial charge is 0.244 e. The van der Waals surface area contributed by atoms with E-state index in [0.29, 0.717) is 6.42 Å². The Morgan fingerprint density at radius 3 is 2.62 bits per heavy atom. The van der Waals surface area contributed by atoms with Crippen molar-refractivity contribution in [1.82, 2.24) is 4.72 Å². The van der Waals surface area contributed by atoms with Crippen molar-refractivity contribution in [2.24, 2.45) is 11.7 Å². The first-order chi connectivity index (χ1) is 11.6. The van der Waals surface area contributed by atoms with Crippen molar-refractivity contribution in [2.75, 3.05) is 11.9 Å². The maximum Gasteiger partial charge on any atom is 0.244 e. The van der Waals surface area contributed by atoms with Crippen LogP contribution in [-0.4, -0.2) is 26.4 Å². The predicted molar refractivity (Wildman–Crippen MR) is 103 cm³/mol. The molecule has 2 rings (SSSR count). The van der Waals surface area contributed by atoms with Gasteiger partial charge in [0, 0.05) is 25.1 Å². The van der Waals surface area contributed by atoms with Crippen LogP contribution in [0.4, 0.5) is 10.1 Å². The van der Waals surface area contributed by atoms with E-state index < -0.39 is 32.2 Å². The quantitative estimate of drug-likeness (QED) is 0.671. The largest absolute Gasteiger partial charge is 0.329 e. The van der Waals surface area contributed by atoms with Crippen molar-refractivity contribution in [3.8, 4) is 0 Å². The number of carbonyl (C=O) groups excluding carboxylic acids is 1. The summed E-state index contributed by atoms with van der Waals surface area (Å²) in [6.45, 7) is 3.32. The number of benzene rings is 1. The van der Waals surface area contributed by atoms with Gasteiger partial charge in [-0.15, -0.1) is 12.4 Å². The second kappa shape index (κ2) is 8.84. The second-order valence-electron chi connectivity index (χ2n) is 6.56. The first-order valence-electron chi connectivity index (χ1n) is 8.12. The zero-order valence-electron chi connectivity index (χ0n) is 14.6. The maximum absolute atomic E-state index is 14.4. The molecule has 6 nitrogen and oxygen atoms in total. The first kappa shape index (κ1) is 23.1. The van der Waals surface area contributed by atoms with Crippen molar-refractivity contribution in [3.05, 3.63) is 23.0 Å². The van der Waals surface area contributed by atoms with E-state index in [2.05, 4.69) is 10.0 Å². The van der Waals surface area contributed by atoms with Crippen LogP contribution in [0.5, 0.6) is 0 Å².